The van der Waals surface area contributed by atoms with E-state index in [1.807, 2.05) is 68.4 Å². The Morgan fingerprint density at radius 2 is 1.71 bits per heavy atom. The van der Waals surface area contributed by atoms with Crippen LogP contribution in [0, 0.1) is 5.92 Å². The second kappa shape index (κ2) is 22.7. The number of rotatable bonds is 19. The lowest BCUT2D eigenvalue weighted by atomic mass is 9.97. The molecule has 0 saturated heterocycles. The smallest absolute Gasteiger partial charge is 0.243 e. The van der Waals surface area contributed by atoms with Gasteiger partial charge < -0.3 is 35.7 Å². The molecule has 0 fully saturated rings. The summed E-state index contributed by atoms with van der Waals surface area (Å²) in [4.78, 5) is 25.4. The second-order valence-corrected chi connectivity index (χ2v) is 9.96. The molecule has 0 heterocycles. The molecule has 9 heteroatoms. The molecule has 0 saturated carbocycles. The van der Waals surface area contributed by atoms with E-state index in [4.69, 9.17) is 25.1 Å². The highest BCUT2D eigenvalue weighted by Gasteiger charge is 2.25. The molecular weight excluding hydrogens is 522 g/mol. The zero-order chi connectivity index (χ0) is 30.3. The molecule has 2 aromatic rings. The van der Waals surface area contributed by atoms with Gasteiger partial charge in [-0.05, 0) is 48.9 Å². The van der Waals surface area contributed by atoms with Crippen molar-refractivity contribution in [3.8, 4) is 5.75 Å². The Kier molecular flexibility index (Phi) is 19.9. The number of carbonyl (C=O) groups excluding carboxylic acids is 2. The Bertz CT molecular complexity index is 959. The topological polar surface area (TPSA) is 132 Å². The fourth-order valence-corrected chi connectivity index (χ4v) is 3.90. The number of hydrogen-bond acceptors (Lipinski definition) is 7. The number of aliphatic hydroxyl groups is 1. The lowest BCUT2D eigenvalue weighted by Crippen LogP contribution is -2.50. The monoisotopic (exact) mass is 573 g/mol. The molecule has 1 unspecified atom stereocenters. The zero-order valence-electron chi connectivity index (χ0n) is 25.3. The van der Waals surface area contributed by atoms with E-state index in [1.165, 1.54) is 0 Å². The second-order valence-electron chi connectivity index (χ2n) is 9.96. The normalized spacial score (nSPS) is 12.8. The summed E-state index contributed by atoms with van der Waals surface area (Å²) in [6.45, 7) is 8.47. The van der Waals surface area contributed by atoms with Gasteiger partial charge in [0.25, 0.3) is 0 Å². The highest BCUT2D eigenvalue weighted by molar-refractivity contribution is 5.87. The Balaban J connectivity index is 0.00000268. The molecule has 2 amide bonds. The summed E-state index contributed by atoms with van der Waals surface area (Å²) >= 11 is 0. The van der Waals surface area contributed by atoms with Gasteiger partial charge in [-0.3, -0.25) is 9.59 Å². The van der Waals surface area contributed by atoms with Gasteiger partial charge in [0.05, 0.1) is 19.8 Å². The maximum Gasteiger partial charge on any atom is 0.243 e. The first-order chi connectivity index (χ1) is 19.8. The first-order valence-corrected chi connectivity index (χ1v) is 14.6. The molecule has 41 heavy (non-hydrogen) atoms. The van der Waals surface area contributed by atoms with E-state index in [-0.39, 0.29) is 30.4 Å². The lowest BCUT2D eigenvalue weighted by molar-refractivity contribution is -0.130. The number of carbonyl (C=O) groups is 2. The largest absolute Gasteiger partial charge is 0.493 e. The van der Waals surface area contributed by atoms with Crippen molar-refractivity contribution >= 4 is 11.8 Å². The van der Waals surface area contributed by atoms with Crippen LogP contribution in [0.4, 0.5) is 0 Å². The molecule has 0 aliphatic rings. The summed E-state index contributed by atoms with van der Waals surface area (Å²) in [6, 6.07) is 16.8. The summed E-state index contributed by atoms with van der Waals surface area (Å²) in [6.07, 6.45) is 3.22. The van der Waals surface area contributed by atoms with Crippen LogP contribution in [0.1, 0.15) is 64.0 Å². The van der Waals surface area contributed by atoms with Gasteiger partial charge in [-0.1, -0.05) is 62.7 Å². The van der Waals surface area contributed by atoms with Crippen LogP contribution in [-0.4, -0.2) is 62.5 Å². The summed E-state index contributed by atoms with van der Waals surface area (Å²) in [5.41, 5.74) is 8.24. The third-order valence-electron chi connectivity index (χ3n) is 6.36. The van der Waals surface area contributed by atoms with Gasteiger partial charge in [-0.15, -0.1) is 0 Å². The number of aliphatic hydroxyl groups excluding tert-OH is 1. The Morgan fingerprint density at radius 3 is 2.39 bits per heavy atom. The number of nitrogens with two attached hydrogens (primary N) is 1. The quantitative estimate of drug-likeness (QED) is 0.187. The predicted octanol–water partition coefficient (Wildman–Crippen LogP) is 3.96. The van der Waals surface area contributed by atoms with Crippen LogP contribution in [0.2, 0.25) is 0 Å². The zero-order valence-corrected chi connectivity index (χ0v) is 25.3. The maximum absolute atomic E-state index is 12.8. The first kappa shape index (κ1) is 36.0. The molecule has 0 aromatic heterocycles. The van der Waals surface area contributed by atoms with E-state index >= 15 is 0 Å². The molecule has 3 atom stereocenters. The van der Waals surface area contributed by atoms with Crippen LogP contribution in [0.5, 0.6) is 5.75 Å². The van der Waals surface area contributed by atoms with Gasteiger partial charge in [0.1, 0.15) is 11.8 Å². The van der Waals surface area contributed by atoms with Crippen molar-refractivity contribution in [3.05, 3.63) is 65.7 Å². The minimum absolute atomic E-state index is 0.0274. The van der Waals surface area contributed by atoms with Crippen molar-refractivity contribution in [2.45, 2.75) is 78.1 Å². The van der Waals surface area contributed by atoms with E-state index in [2.05, 4.69) is 10.6 Å². The van der Waals surface area contributed by atoms with Crippen LogP contribution in [0.25, 0.3) is 0 Å². The van der Waals surface area contributed by atoms with Crippen molar-refractivity contribution in [3.63, 3.8) is 0 Å². The Labute approximate surface area is 246 Å². The number of nitrogens with one attached hydrogen (secondary N) is 2. The molecule has 0 bridgehead atoms. The summed E-state index contributed by atoms with van der Waals surface area (Å²) in [5, 5.41) is 13.4. The summed E-state index contributed by atoms with van der Waals surface area (Å²) in [5.74, 6) is 0.535. The molecule has 230 valence electrons. The van der Waals surface area contributed by atoms with Crippen LogP contribution < -0.4 is 21.1 Å². The average Bonchev–Trinajstić information content (AvgIpc) is 2.97. The maximum atomic E-state index is 12.8. The lowest BCUT2D eigenvalue weighted by Gasteiger charge is -2.24. The molecule has 0 radical (unpaired) electrons. The van der Waals surface area contributed by atoms with Crippen molar-refractivity contribution < 1.29 is 28.9 Å². The standard InChI is InChI=1S/C30H45N3O5.C2H6O/c1-4-23(2)29(30(35)32-20-24-11-6-5-7-12-24)33-28(34)16-9-14-26(31)22-37-21-25-13-8-15-27(19-25)38-18-10-17-36-3;1-2-3/h5-8,11-13,15,19,23,26,29H,4,9-10,14,16-18,20-22,31H2,1-3H3,(H,32,35)(H,33,34);3H,2H2,1H3/t23-,26+,29?;/m0./s1. The van der Waals surface area contributed by atoms with E-state index < -0.39 is 6.04 Å². The number of amides is 2. The molecule has 2 rings (SSSR count). The van der Waals surface area contributed by atoms with Gasteiger partial charge in [0, 0.05) is 45.8 Å². The Morgan fingerprint density at radius 1 is 1.00 bits per heavy atom. The van der Waals surface area contributed by atoms with Gasteiger partial charge in [0.2, 0.25) is 11.8 Å². The van der Waals surface area contributed by atoms with Crippen LogP contribution in [0.3, 0.4) is 0 Å². The first-order valence-electron chi connectivity index (χ1n) is 14.6. The predicted molar refractivity (Wildman–Crippen MR) is 162 cm³/mol. The van der Waals surface area contributed by atoms with Crippen molar-refractivity contribution in [1.29, 1.82) is 0 Å². The van der Waals surface area contributed by atoms with Crippen molar-refractivity contribution in [2.75, 3.05) is 33.5 Å². The van der Waals surface area contributed by atoms with Gasteiger partial charge in [0.15, 0.2) is 0 Å². The molecule has 2 aromatic carbocycles. The molecular formula is C32H51N3O6. The summed E-state index contributed by atoms with van der Waals surface area (Å²) in [7, 11) is 1.68. The molecule has 0 aliphatic heterocycles. The minimum Gasteiger partial charge on any atom is -0.493 e. The number of ether oxygens (including phenoxy) is 3. The van der Waals surface area contributed by atoms with Crippen LogP contribution in [0.15, 0.2) is 54.6 Å². The molecule has 5 N–H and O–H groups in total. The van der Waals surface area contributed by atoms with Gasteiger partial charge in [-0.25, -0.2) is 0 Å². The fourth-order valence-electron chi connectivity index (χ4n) is 3.90. The Hall–Kier alpha value is -2.98. The van der Waals surface area contributed by atoms with E-state index in [1.54, 1.807) is 14.0 Å². The highest BCUT2D eigenvalue weighted by atomic mass is 16.5. The van der Waals surface area contributed by atoms with Gasteiger partial charge >= 0.3 is 0 Å². The fraction of sp³-hybridized carbons (Fsp3) is 0.562. The average molecular weight is 574 g/mol. The van der Waals surface area contributed by atoms with Gasteiger partial charge in [-0.2, -0.15) is 0 Å². The minimum atomic E-state index is -0.562. The highest BCUT2D eigenvalue weighted by Crippen LogP contribution is 2.15. The summed E-state index contributed by atoms with van der Waals surface area (Å²) < 4.78 is 16.5. The number of benzene rings is 2. The molecule has 0 spiro atoms. The third-order valence-corrected chi connectivity index (χ3v) is 6.36. The molecule has 9 nitrogen and oxygen atoms in total. The SMILES string of the molecule is CCO.CC[C@H](C)C(NC(=O)CCC[C@@H](N)COCc1cccc(OCCCOC)c1)C(=O)NCc1ccccc1. The van der Waals surface area contributed by atoms with Crippen molar-refractivity contribution in [1.82, 2.24) is 10.6 Å². The van der Waals surface area contributed by atoms with Crippen LogP contribution in [-0.2, 0) is 32.2 Å². The van der Waals surface area contributed by atoms with E-state index in [0.29, 0.717) is 52.2 Å². The molecule has 0 aliphatic carbocycles. The van der Waals surface area contributed by atoms with E-state index in [9.17, 15) is 9.59 Å². The number of methoxy groups -OCH3 is 1. The van der Waals surface area contributed by atoms with Crippen LogP contribution >= 0.6 is 0 Å². The van der Waals surface area contributed by atoms with Crippen molar-refractivity contribution in [2.24, 2.45) is 11.7 Å². The third kappa shape index (κ3) is 16.8. The van der Waals surface area contributed by atoms with E-state index in [0.717, 1.165) is 29.7 Å². The number of hydrogen-bond donors (Lipinski definition) is 4.